The Labute approximate surface area is 91.4 Å². The molecule has 0 unspecified atom stereocenters. The molecule has 0 aliphatic carbocycles. The van der Waals surface area contributed by atoms with Crippen molar-refractivity contribution in [3.63, 3.8) is 0 Å². The van der Waals surface area contributed by atoms with Gasteiger partial charge in [-0.3, -0.25) is 14.9 Å². The molecule has 0 aromatic carbocycles. The topological polar surface area (TPSA) is 108 Å². The third-order valence-electron chi connectivity index (χ3n) is 1.92. The van der Waals surface area contributed by atoms with Gasteiger partial charge in [0.15, 0.2) is 0 Å². The van der Waals surface area contributed by atoms with Gasteiger partial charge in [-0.1, -0.05) is 5.16 Å². The first-order chi connectivity index (χ1) is 7.56. The molecular formula is C9H10N4O3. The van der Waals surface area contributed by atoms with E-state index in [1.165, 1.54) is 0 Å². The summed E-state index contributed by atoms with van der Waals surface area (Å²) in [7, 11) is 0. The predicted molar refractivity (Wildman–Crippen MR) is 53.2 cm³/mol. The van der Waals surface area contributed by atoms with Crippen LogP contribution in [0.5, 0.6) is 0 Å². The van der Waals surface area contributed by atoms with E-state index < -0.39 is 11.8 Å². The minimum atomic E-state index is -0.894. The molecule has 16 heavy (non-hydrogen) atoms. The van der Waals surface area contributed by atoms with Gasteiger partial charge in [0.05, 0.1) is 11.8 Å². The van der Waals surface area contributed by atoms with Gasteiger partial charge in [-0.2, -0.15) is 5.26 Å². The summed E-state index contributed by atoms with van der Waals surface area (Å²) in [5.74, 6) is -1.65. The standard InChI is InChI=1S/C9H10N4O3/c1-5-6(2)13-16-9(5)12-8(15)7(14)11-4-3-10/h4H2,1-2H3,(H,11,14)(H,12,15). The number of aromatic nitrogens is 1. The number of aryl methyl sites for hydroxylation is 1. The van der Waals surface area contributed by atoms with E-state index in [-0.39, 0.29) is 12.4 Å². The van der Waals surface area contributed by atoms with E-state index in [1.807, 2.05) is 0 Å². The van der Waals surface area contributed by atoms with Gasteiger partial charge in [-0.25, -0.2) is 0 Å². The molecule has 0 spiro atoms. The van der Waals surface area contributed by atoms with E-state index in [0.29, 0.717) is 11.3 Å². The van der Waals surface area contributed by atoms with Gasteiger partial charge in [0.1, 0.15) is 6.54 Å². The molecule has 0 aliphatic rings. The van der Waals surface area contributed by atoms with Crippen molar-refractivity contribution in [2.24, 2.45) is 0 Å². The minimum absolute atomic E-state index is 0.134. The fourth-order valence-corrected chi connectivity index (χ4v) is 0.892. The average Bonchev–Trinajstić information content (AvgIpc) is 2.57. The van der Waals surface area contributed by atoms with E-state index in [1.54, 1.807) is 19.9 Å². The number of carbonyl (C=O) groups excluding carboxylic acids is 2. The lowest BCUT2D eigenvalue weighted by molar-refractivity contribution is -0.136. The van der Waals surface area contributed by atoms with E-state index in [9.17, 15) is 9.59 Å². The highest BCUT2D eigenvalue weighted by atomic mass is 16.5. The van der Waals surface area contributed by atoms with Crippen LogP contribution in [0.4, 0.5) is 5.88 Å². The first-order valence-electron chi connectivity index (χ1n) is 4.45. The molecule has 84 valence electrons. The Kier molecular flexibility index (Phi) is 3.61. The zero-order valence-electron chi connectivity index (χ0n) is 8.83. The molecule has 1 aromatic heterocycles. The van der Waals surface area contributed by atoms with Gasteiger partial charge in [0.25, 0.3) is 0 Å². The van der Waals surface area contributed by atoms with E-state index in [0.717, 1.165) is 0 Å². The van der Waals surface area contributed by atoms with Crippen molar-refractivity contribution in [3.05, 3.63) is 11.3 Å². The Morgan fingerprint density at radius 1 is 1.44 bits per heavy atom. The van der Waals surface area contributed by atoms with Crippen LogP contribution in [0.2, 0.25) is 0 Å². The maximum absolute atomic E-state index is 11.3. The van der Waals surface area contributed by atoms with Crippen LogP contribution in [0.1, 0.15) is 11.3 Å². The molecular weight excluding hydrogens is 212 g/mol. The molecule has 0 fully saturated rings. The van der Waals surface area contributed by atoms with Gasteiger partial charge in [-0.15, -0.1) is 0 Å². The minimum Gasteiger partial charge on any atom is -0.338 e. The van der Waals surface area contributed by atoms with E-state index >= 15 is 0 Å². The maximum Gasteiger partial charge on any atom is 0.316 e. The summed E-state index contributed by atoms with van der Waals surface area (Å²) in [6.45, 7) is 3.19. The summed E-state index contributed by atoms with van der Waals surface area (Å²) in [6.07, 6.45) is 0. The first-order valence-corrected chi connectivity index (χ1v) is 4.45. The van der Waals surface area contributed by atoms with Crippen molar-refractivity contribution in [2.75, 3.05) is 11.9 Å². The Bertz CT molecular complexity index is 458. The monoisotopic (exact) mass is 222 g/mol. The second-order valence-electron chi connectivity index (χ2n) is 3.02. The zero-order chi connectivity index (χ0) is 12.1. The molecule has 2 N–H and O–H groups in total. The van der Waals surface area contributed by atoms with Crippen molar-refractivity contribution in [3.8, 4) is 6.07 Å². The number of carbonyl (C=O) groups is 2. The Balaban J connectivity index is 2.62. The van der Waals surface area contributed by atoms with Crippen LogP contribution in [-0.2, 0) is 9.59 Å². The fraction of sp³-hybridized carbons (Fsp3) is 0.333. The van der Waals surface area contributed by atoms with Crippen molar-refractivity contribution in [1.82, 2.24) is 10.5 Å². The highest BCUT2D eigenvalue weighted by molar-refractivity contribution is 6.39. The Morgan fingerprint density at radius 3 is 2.62 bits per heavy atom. The molecule has 0 radical (unpaired) electrons. The number of amides is 2. The second-order valence-corrected chi connectivity index (χ2v) is 3.02. The van der Waals surface area contributed by atoms with Gasteiger partial charge >= 0.3 is 11.8 Å². The highest BCUT2D eigenvalue weighted by Gasteiger charge is 2.17. The number of anilines is 1. The largest absolute Gasteiger partial charge is 0.338 e. The molecule has 0 aliphatic heterocycles. The van der Waals surface area contributed by atoms with Crippen LogP contribution in [-0.4, -0.2) is 23.5 Å². The van der Waals surface area contributed by atoms with Crippen LogP contribution in [0.25, 0.3) is 0 Å². The van der Waals surface area contributed by atoms with Gasteiger partial charge in [0, 0.05) is 5.56 Å². The second kappa shape index (κ2) is 4.93. The molecule has 7 heteroatoms. The molecule has 0 saturated carbocycles. The zero-order valence-corrected chi connectivity index (χ0v) is 8.83. The molecule has 1 aromatic rings. The molecule has 0 atom stereocenters. The SMILES string of the molecule is Cc1noc(NC(=O)C(=O)NCC#N)c1C. The van der Waals surface area contributed by atoms with Gasteiger partial charge in [-0.05, 0) is 13.8 Å². The number of rotatable bonds is 2. The molecule has 2 amide bonds. The molecule has 0 bridgehead atoms. The molecule has 0 saturated heterocycles. The number of nitrogens with zero attached hydrogens (tertiary/aromatic N) is 2. The lowest BCUT2D eigenvalue weighted by Crippen LogP contribution is -2.35. The fourth-order valence-electron chi connectivity index (χ4n) is 0.892. The lowest BCUT2D eigenvalue weighted by atomic mass is 10.3. The van der Waals surface area contributed by atoms with Crippen LogP contribution >= 0.6 is 0 Å². The van der Waals surface area contributed by atoms with Crippen LogP contribution in [0, 0.1) is 25.2 Å². The summed E-state index contributed by atoms with van der Waals surface area (Å²) in [5.41, 5.74) is 1.29. The first kappa shape index (κ1) is 11.7. The number of hydrogen-bond acceptors (Lipinski definition) is 5. The van der Waals surface area contributed by atoms with E-state index in [4.69, 9.17) is 9.78 Å². The van der Waals surface area contributed by atoms with Crippen molar-refractivity contribution >= 4 is 17.7 Å². The van der Waals surface area contributed by atoms with Crippen molar-refractivity contribution in [2.45, 2.75) is 13.8 Å². The van der Waals surface area contributed by atoms with Gasteiger partial charge < -0.3 is 9.84 Å². The summed E-state index contributed by atoms with van der Waals surface area (Å²) >= 11 is 0. The maximum atomic E-state index is 11.3. The number of nitriles is 1. The summed E-state index contributed by atoms with van der Waals surface area (Å²) in [5, 5.41) is 16.2. The van der Waals surface area contributed by atoms with Gasteiger partial charge in [0.2, 0.25) is 5.88 Å². The van der Waals surface area contributed by atoms with Crippen LogP contribution in [0.3, 0.4) is 0 Å². The summed E-state index contributed by atoms with van der Waals surface area (Å²) < 4.78 is 4.79. The normalized spacial score (nSPS) is 9.31. The van der Waals surface area contributed by atoms with Crippen LogP contribution < -0.4 is 10.6 Å². The average molecular weight is 222 g/mol. The summed E-state index contributed by atoms with van der Waals surface area (Å²) in [4.78, 5) is 22.3. The Morgan fingerprint density at radius 2 is 2.12 bits per heavy atom. The lowest BCUT2D eigenvalue weighted by Gasteiger charge is -2.00. The highest BCUT2D eigenvalue weighted by Crippen LogP contribution is 2.16. The smallest absolute Gasteiger partial charge is 0.316 e. The molecule has 7 nitrogen and oxygen atoms in total. The van der Waals surface area contributed by atoms with Crippen molar-refractivity contribution in [1.29, 1.82) is 5.26 Å². The Hall–Kier alpha value is -2.36. The van der Waals surface area contributed by atoms with Crippen molar-refractivity contribution < 1.29 is 14.1 Å². The molecule has 1 heterocycles. The number of nitrogens with one attached hydrogen (secondary N) is 2. The van der Waals surface area contributed by atoms with Crippen LogP contribution in [0.15, 0.2) is 4.52 Å². The predicted octanol–water partition coefficient (Wildman–Crippen LogP) is -0.130. The third kappa shape index (κ3) is 2.57. The summed E-state index contributed by atoms with van der Waals surface area (Å²) in [6, 6.07) is 1.69. The third-order valence-corrected chi connectivity index (χ3v) is 1.92. The van der Waals surface area contributed by atoms with E-state index in [2.05, 4.69) is 15.8 Å². The number of hydrogen-bond donors (Lipinski definition) is 2. The quantitative estimate of drug-likeness (QED) is 0.535. The molecule has 1 rings (SSSR count).